The third-order valence-electron chi connectivity index (χ3n) is 3.82. The number of ether oxygens (including phenoxy) is 1. The monoisotopic (exact) mass is 308 g/mol. The van der Waals surface area contributed by atoms with Crippen molar-refractivity contribution >= 4 is 0 Å². The molecule has 0 amide bonds. The topological polar surface area (TPSA) is 131 Å². The van der Waals surface area contributed by atoms with E-state index in [2.05, 4.69) is 0 Å². The first-order chi connectivity index (χ1) is 10.4. The van der Waals surface area contributed by atoms with Crippen LogP contribution in [0.1, 0.15) is 5.56 Å². The number of hydrogen-bond acceptors (Lipinski definition) is 7. The number of aliphatic hydroxyl groups excluding tert-OH is 4. The Kier molecular flexibility index (Phi) is 3.48. The number of aliphatic hydroxyl groups is 4. The summed E-state index contributed by atoms with van der Waals surface area (Å²) in [6.45, 7) is 0. The van der Waals surface area contributed by atoms with E-state index in [-0.39, 0.29) is 23.7 Å². The molecule has 3 rings (SSSR count). The van der Waals surface area contributed by atoms with Gasteiger partial charge in [-0.3, -0.25) is 0 Å². The van der Waals surface area contributed by atoms with Crippen LogP contribution in [0, 0.1) is 0 Å². The van der Waals surface area contributed by atoms with E-state index in [0.29, 0.717) is 11.1 Å². The third kappa shape index (κ3) is 2.39. The predicted octanol–water partition coefficient (Wildman–Crippen LogP) is -0.134. The summed E-state index contributed by atoms with van der Waals surface area (Å²) in [6, 6.07) is 2.47. The van der Waals surface area contributed by atoms with Gasteiger partial charge in [0.1, 0.15) is 41.3 Å². The van der Waals surface area contributed by atoms with Crippen molar-refractivity contribution in [2.24, 2.45) is 0 Å². The molecule has 0 fully saturated rings. The summed E-state index contributed by atoms with van der Waals surface area (Å²) in [4.78, 5) is 0. The summed E-state index contributed by atoms with van der Waals surface area (Å²) < 4.78 is 5.59. The molecule has 0 bridgehead atoms. The molecule has 118 valence electrons. The fourth-order valence-electron chi connectivity index (χ4n) is 2.69. The van der Waals surface area contributed by atoms with Gasteiger partial charge in [0, 0.05) is 24.1 Å². The van der Waals surface area contributed by atoms with Crippen molar-refractivity contribution in [2.75, 3.05) is 0 Å². The van der Waals surface area contributed by atoms with E-state index in [1.807, 2.05) is 0 Å². The van der Waals surface area contributed by atoms with E-state index in [1.54, 1.807) is 0 Å². The zero-order valence-electron chi connectivity index (χ0n) is 11.4. The highest BCUT2D eigenvalue weighted by atomic mass is 16.5. The fraction of sp³-hybridized carbons (Fsp3) is 0.333. The van der Waals surface area contributed by atoms with E-state index in [4.69, 9.17) is 4.74 Å². The van der Waals surface area contributed by atoms with Crippen LogP contribution in [0.3, 0.4) is 0 Å². The van der Waals surface area contributed by atoms with Gasteiger partial charge in [0.15, 0.2) is 0 Å². The number of phenolic OH excluding ortho intramolecular Hbond substituents is 2. The number of phenols is 2. The SMILES string of the molecule is OC1=CC([C@H]2Oc3cc(O)cc(O)c3C[C@@H]2O)=CC(O)C1O. The van der Waals surface area contributed by atoms with Crippen molar-refractivity contribution in [3.63, 3.8) is 0 Å². The smallest absolute Gasteiger partial charge is 0.150 e. The van der Waals surface area contributed by atoms with Crippen LogP contribution in [0.15, 0.2) is 35.6 Å². The summed E-state index contributed by atoms with van der Waals surface area (Å²) in [7, 11) is 0. The molecule has 2 aliphatic rings. The van der Waals surface area contributed by atoms with Crippen LogP contribution in [-0.2, 0) is 6.42 Å². The lowest BCUT2D eigenvalue weighted by Crippen LogP contribution is -2.41. The first kappa shape index (κ1) is 14.7. The Morgan fingerprint density at radius 2 is 1.77 bits per heavy atom. The van der Waals surface area contributed by atoms with Crippen LogP contribution >= 0.6 is 0 Å². The average Bonchev–Trinajstić information content (AvgIpc) is 2.44. The molecule has 0 aromatic heterocycles. The van der Waals surface area contributed by atoms with Crippen LogP contribution in [0.5, 0.6) is 17.2 Å². The maximum Gasteiger partial charge on any atom is 0.150 e. The molecule has 22 heavy (non-hydrogen) atoms. The average molecular weight is 308 g/mol. The highest BCUT2D eigenvalue weighted by Crippen LogP contribution is 2.39. The Balaban J connectivity index is 1.95. The minimum absolute atomic E-state index is 0.0801. The van der Waals surface area contributed by atoms with Gasteiger partial charge >= 0.3 is 0 Å². The number of rotatable bonds is 1. The molecular formula is C15H16O7. The third-order valence-corrected chi connectivity index (χ3v) is 3.82. The van der Waals surface area contributed by atoms with Crippen LogP contribution < -0.4 is 4.74 Å². The summed E-state index contributed by atoms with van der Waals surface area (Å²) >= 11 is 0. The van der Waals surface area contributed by atoms with Gasteiger partial charge in [0.2, 0.25) is 0 Å². The van der Waals surface area contributed by atoms with Crippen LogP contribution in [0.4, 0.5) is 0 Å². The van der Waals surface area contributed by atoms with Crippen molar-refractivity contribution in [1.82, 2.24) is 0 Å². The number of aromatic hydroxyl groups is 2. The van der Waals surface area contributed by atoms with Crippen molar-refractivity contribution in [1.29, 1.82) is 0 Å². The largest absolute Gasteiger partial charge is 0.509 e. The van der Waals surface area contributed by atoms with Crippen molar-refractivity contribution in [3.8, 4) is 17.2 Å². The quantitative estimate of drug-likeness (QED) is 0.426. The van der Waals surface area contributed by atoms with E-state index in [1.165, 1.54) is 18.2 Å². The highest BCUT2D eigenvalue weighted by molar-refractivity contribution is 5.52. The molecule has 0 saturated carbocycles. The zero-order valence-corrected chi connectivity index (χ0v) is 11.4. The van der Waals surface area contributed by atoms with Crippen LogP contribution in [0.25, 0.3) is 0 Å². The Morgan fingerprint density at radius 3 is 2.45 bits per heavy atom. The van der Waals surface area contributed by atoms with E-state index in [0.717, 1.165) is 6.07 Å². The number of benzene rings is 1. The minimum Gasteiger partial charge on any atom is -0.509 e. The lowest BCUT2D eigenvalue weighted by Gasteiger charge is -2.33. The normalized spacial score (nSPS) is 30.9. The zero-order chi connectivity index (χ0) is 16.0. The first-order valence-electron chi connectivity index (χ1n) is 6.75. The summed E-state index contributed by atoms with van der Waals surface area (Å²) in [6.07, 6.45) is -2.07. The Hall–Kier alpha value is -2.22. The first-order valence-corrected chi connectivity index (χ1v) is 6.75. The molecule has 0 saturated heterocycles. The van der Waals surface area contributed by atoms with Gasteiger partial charge in [-0.1, -0.05) is 0 Å². The Bertz CT molecular complexity index is 664. The second-order valence-corrected chi connectivity index (χ2v) is 5.42. The highest BCUT2D eigenvalue weighted by Gasteiger charge is 2.35. The molecule has 1 aliphatic heterocycles. The summed E-state index contributed by atoms with van der Waals surface area (Å²) in [5, 5.41) is 58.3. The molecule has 2 unspecified atom stereocenters. The standard InChI is InChI=1S/C15H16O7/c16-7-3-9(17)8-5-12(20)15(22-13(8)4-7)6-1-10(18)14(21)11(19)2-6/h1-4,10,12,14-21H,5H2/t10?,12-,14?,15+/m0/s1. The lowest BCUT2D eigenvalue weighted by atomic mass is 9.89. The molecule has 1 aromatic carbocycles. The van der Waals surface area contributed by atoms with Crippen molar-refractivity contribution < 1.29 is 35.4 Å². The molecule has 7 heteroatoms. The van der Waals surface area contributed by atoms with E-state index in [9.17, 15) is 30.6 Å². The van der Waals surface area contributed by atoms with Gasteiger partial charge in [0.25, 0.3) is 0 Å². The summed E-state index contributed by atoms with van der Waals surface area (Å²) in [5.41, 5.74) is 0.669. The van der Waals surface area contributed by atoms with Gasteiger partial charge < -0.3 is 35.4 Å². The molecular weight excluding hydrogens is 292 g/mol. The van der Waals surface area contributed by atoms with Crippen molar-refractivity contribution in [2.45, 2.75) is 30.8 Å². The Morgan fingerprint density at radius 1 is 1.05 bits per heavy atom. The molecule has 6 N–H and O–H groups in total. The van der Waals surface area contributed by atoms with Crippen LogP contribution in [-0.4, -0.2) is 55.1 Å². The van der Waals surface area contributed by atoms with Gasteiger partial charge in [-0.05, 0) is 17.7 Å². The lowest BCUT2D eigenvalue weighted by molar-refractivity contribution is 0.0277. The molecule has 1 aromatic rings. The maximum atomic E-state index is 10.2. The predicted molar refractivity (Wildman–Crippen MR) is 74.7 cm³/mol. The molecule has 1 heterocycles. The molecule has 0 radical (unpaired) electrons. The number of hydrogen-bond donors (Lipinski definition) is 6. The molecule has 0 spiro atoms. The Labute approximate surface area is 125 Å². The maximum absolute atomic E-state index is 10.2. The molecule has 7 nitrogen and oxygen atoms in total. The second-order valence-electron chi connectivity index (χ2n) is 5.42. The molecule has 1 aliphatic carbocycles. The van der Waals surface area contributed by atoms with Crippen LogP contribution in [0.2, 0.25) is 0 Å². The molecule has 4 atom stereocenters. The van der Waals surface area contributed by atoms with Gasteiger partial charge in [0.05, 0.1) is 6.10 Å². The van der Waals surface area contributed by atoms with Gasteiger partial charge in [-0.2, -0.15) is 0 Å². The summed E-state index contributed by atoms with van der Waals surface area (Å²) in [5.74, 6) is -0.579. The van der Waals surface area contributed by atoms with Gasteiger partial charge in [-0.25, -0.2) is 0 Å². The second kappa shape index (κ2) is 5.20. The van der Waals surface area contributed by atoms with E-state index < -0.39 is 30.2 Å². The fourth-order valence-corrected chi connectivity index (χ4v) is 2.69. The van der Waals surface area contributed by atoms with Gasteiger partial charge in [-0.15, -0.1) is 0 Å². The number of fused-ring (bicyclic) bond motifs is 1. The van der Waals surface area contributed by atoms with Crippen molar-refractivity contribution in [3.05, 3.63) is 41.2 Å². The minimum atomic E-state index is -1.41. The van der Waals surface area contributed by atoms with E-state index >= 15 is 0 Å².